The number of rotatable bonds is 4. The van der Waals surface area contributed by atoms with E-state index in [0.717, 1.165) is 5.56 Å². The summed E-state index contributed by atoms with van der Waals surface area (Å²) < 4.78 is 17.4. The van der Waals surface area contributed by atoms with Crippen molar-refractivity contribution in [2.24, 2.45) is 0 Å². The van der Waals surface area contributed by atoms with Crippen LogP contribution in [0.4, 0.5) is 0 Å². The van der Waals surface area contributed by atoms with Crippen LogP contribution in [0.15, 0.2) is 48.5 Å². The van der Waals surface area contributed by atoms with Gasteiger partial charge in [0.05, 0.1) is 19.8 Å². The summed E-state index contributed by atoms with van der Waals surface area (Å²) >= 11 is 5.99. The lowest BCUT2D eigenvalue weighted by molar-refractivity contribution is -0.232. The molecule has 22 heavy (non-hydrogen) atoms. The first-order valence-electron chi connectivity index (χ1n) is 7.37. The monoisotopic (exact) mass is 318 g/mol. The molecule has 1 heterocycles. The lowest BCUT2D eigenvalue weighted by Gasteiger charge is -2.29. The van der Waals surface area contributed by atoms with Gasteiger partial charge in [0.25, 0.3) is 0 Å². The van der Waals surface area contributed by atoms with E-state index in [2.05, 4.69) is 19.1 Å². The van der Waals surface area contributed by atoms with Gasteiger partial charge in [-0.2, -0.15) is 0 Å². The molecule has 1 fully saturated rings. The Kier molecular flexibility index (Phi) is 5.11. The average molecular weight is 319 g/mol. The van der Waals surface area contributed by atoms with Gasteiger partial charge in [0.2, 0.25) is 0 Å². The molecule has 0 unspecified atom stereocenters. The molecule has 0 bridgehead atoms. The van der Waals surface area contributed by atoms with Crippen LogP contribution in [0.1, 0.15) is 23.0 Å². The van der Waals surface area contributed by atoms with E-state index in [0.29, 0.717) is 24.8 Å². The second kappa shape index (κ2) is 7.25. The minimum absolute atomic E-state index is 0.0463. The third kappa shape index (κ3) is 3.87. The van der Waals surface area contributed by atoms with Gasteiger partial charge in [0.15, 0.2) is 6.29 Å². The molecule has 1 aliphatic heterocycles. The van der Waals surface area contributed by atoms with Crippen molar-refractivity contribution in [1.29, 1.82) is 0 Å². The molecule has 4 heteroatoms. The second-order valence-corrected chi connectivity index (χ2v) is 5.85. The largest absolute Gasteiger partial charge is 0.369 e. The standard InChI is InChI=1S/C18H19ClO3/c1-13-5-2-3-6-15(13)10-20-17-11-21-18(22-12-17)14-7-4-8-16(19)9-14/h2-9,17-18H,10-12H2,1H3/t17-,18+. The molecule has 3 rings (SSSR count). The normalized spacial score (nSPS) is 21.7. The van der Waals surface area contributed by atoms with Crippen molar-refractivity contribution < 1.29 is 14.2 Å². The van der Waals surface area contributed by atoms with Crippen LogP contribution in [-0.2, 0) is 20.8 Å². The summed E-state index contributed by atoms with van der Waals surface area (Å²) in [6, 6.07) is 15.8. The first-order valence-corrected chi connectivity index (χ1v) is 7.75. The van der Waals surface area contributed by atoms with Gasteiger partial charge in [0, 0.05) is 10.6 Å². The van der Waals surface area contributed by atoms with Gasteiger partial charge < -0.3 is 14.2 Å². The zero-order chi connectivity index (χ0) is 15.4. The van der Waals surface area contributed by atoms with E-state index in [9.17, 15) is 0 Å². The van der Waals surface area contributed by atoms with Gasteiger partial charge in [-0.05, 0) is 30.2 Å². The number of benzene rings is 2. The molecular formula is C18H19ClO3. The Morgan fingerprint density at radius 2 is 1.86 bits per heavy atom. The highest BCUT2D eigenvalue weighted by atomic mass is 35.5. The van der Waals surface area contributed by atoms with E-state index < -0.39 is 0 Å². The van der Waals surface area contributed by atoms with E-state index in [-0.39, 0.29) is 12.4 Å². The fourth-order valence-electron chi connectivity index (χ4n) is 2.41. The SMILES string of the molecule is Cc1ccccc1CO[C@H]1CO[C@@H](c2cccc(Cl)c2)OC1. The molecule has 1 aliphatic rings. The van der Waals surface area contributed by atoms with Gasteiger partial charge in [0.1, 0.15) is 6.10 Å². The van der Waals surface area contributed by atoms with Gasteiger partial charge >= 0.3 is 0 Å². The minimum Gasteiger partial charge on any atom is -0.369 e. The van der Waals surface area contributed by atoms with E-state index >= 15 is 0 Å². The second-order valence-electron chi connectivity index (χ2n) is 5.41. The van der Waals surface area contributed by atoms with E-state index in [1.807, 2.05) is 36.4 Å². The molecule has 0 amide bonds. The Hall–Kier alpha value is -1.39. The Labute approximate surface area is 135 Å². The van der Waals surface area contributed by atoms with Crippen LogP contribution in [-0.4, -0.2) is 19.3 Å². The number of aryl methyl sites for hydroxylation is 1. The predicted molar refractivity (Wildman–Crippen MR) is 85.9 cm³/mol. The van der Waals surface area contributed by atoms with Crippen LogP contribution in [0.3, 0.4) is 0 Å². The van der Waals surface area contributed by atoms with Crippen LogP contribution in [0, 0.1) is 6.92 Å². The maximum absolute atomic E-state index is 5.99. The van der Waals surface area contributed by atoms with Gasteiger partial charge in [-0.15, -0.1) is 0 Å². The quantitative estimate of drug-likeness (QED) is 0.842. The first kappa shape index (κ1) is 15.5. The van der Waals surface area contributed by atoms with Crippen LogP contribution in [0.5, 0.6) is 0 Å². The fourth-order valence-corrected chi connectivity index (χ4v) is 2.61. The Balaban J connectivity index is 1.51. The molecule has 116 valence electrons. The molecule has 0 aliphatic carbocycles. The molecule has 0 saturated carbocycles. The zero-order valence-corrected chi connectivity index (χ0v) is 13.3. The molecule has 0 N–H and O–H groups in total. The summed E-state index contributed by atoms with van der Waals surface area (Å²) in [6.45, 7) is 3.69. The molecule has 3 nitrogen and oxygen atoms in total. The van der Waals surface area contributed by atoms with Crippen LogP contribution in [0.2, 0.25) is 5.02 Å². The highest BCUT2D eigenvalue weighted by Crippen LogP contribution is 2.26. The van der Waals surface area contributed by atoms with Gasteiger partial charge in [-0.3, -0.25) is 0 Å². The zero-order valence-electron chi connectivity index (χ0n) is 12.5. The van der Waals surface area contributed by atoms with Crippen molar-refractivity contribution in [3.63, 3.8) is 0 Å². The number of hydrogen-bond acceptors (Lipinski definition) is 3. The Morgan fingerprint density at radius 1 is 1.09 bits per heavy atom. The summed E-state index contributed by atoms with van der Waals surface area (Å²) in [5, 5.41) is 0.683. The predicted octanol–water partition coefficient (Wildman–Crippen LogP) is 4.28. The summed E-state index contributed by atoms with van der Waals surface area (Å²) in [5.74, 6) is 0. The topological polar surface area (TPSA) is 27.7 Å². The number of hydrogen-bond donors (Lipinski definition) is 0. The molecule has 2 aromatic rings. The van der Waals surface area contributed by atoms with Gasteiger partial charge in [-0.1, -0.05) is 48.0 Å². The fraction of sp³-hybridized carbons (Fsp3) is 0.333. The lowest BCUT2D eigenvalue weighted by atomic mass is 10.1. The molecule has 1 saturated heterocycles. The third-order valence-electron chi connectivity index (χ3n) is 3.72. The van der Waals surface area contributed by atoms with E-state index in [4.69, 9.17) is 25.8 Å². The van der Waals surface area contributed by atoms with Crippen LogP contribution >= 0.6 is 11.6 Å². The van der Waals surface area contributed by atoms with Crippen LogP contribution < -0.4 is 0 Å². The summed E-state index contributed by atoms with van der Waals surface area (Å²) in [4.78, 5) is 0. The highest BCUT2D eigenvalue weighted by Gasteiger charge is 2.24. The number of ether oxygens (including phenoxy) is 3. The summed E-state index contributed by atoms with van der Waals surface area (Å²) in [5.41, 5.74) is 3.36. The molecule has 0 spiro atoms. The smallest absolute Gasteiger partial charge is 0.184 e. The molecule has 0 aromatic heterocycles. The Morgan fingerprint density at radius 3 is 2.59 bits per heavy atom. The third-order valence-corrected chi connectivity index (χ3v) is 3.96. The molecule has 2 aromatic carbocycles. The van der Waals surface area contributed by atoms with Crippen LogP contribution in [0.25, 0.3) is 0 Å². The van der Waals surface area contributed by atoms with Gasteiger partial charge in [-0.25, -0.2) is 0 Å². The average Bonchev–Trinajstić information content (AvgIpc) is 2.55. The molecule has 0 radical (unpaired) electrons. The maximum atomic E-state index is 5.99. The first-order chi connectivity index (χ1) is 10.7. The van der Waals surface area contributed by atoms with Crippen molar-refractivity contribution >= 4 is 11.6 Å². The van der Waals surface area contributed by atoms with Crippen molar-refractivity contribution in [2.45, 2.75) is 25.9 Å². The highest BCUT2D eigenvalue weighted by molar-refractivity contribution is 6.30. The molecular weight excluding hydrogens is 300 g/mol. The number of halogens is 1. The Bertz CT molecular complexity index is 621. The van der Waals surface area contributed by atoms with Crippen molar-refractivity contribution in [3.05, 3.63) is 70.2 Å². The maximum Gasteiger partial charge on any atom is 0.184 e. The summed E-state index contributed by atoms with van der Waals surface area (Å²) in [7, 11) is 0. The van der Waals surface area contributed by atoms with E-state index in [1.54, 1.807) is 0 Å². The van der Waals surface area contributed by atoms with Crippen molar-refractivity contribution in [3.8, 4) is 0 Å². The van der Waals surface area contributed by atoms with Crippen molar-refractivity contribution in [2.75, 3.05) is 13.2 Å². The molecule has 0 atom stereocenters. The summed E-state index contributed by atoms with van der Waals surface area (Å²) in [6.07, 6.45) is -0.410. The van der Waals surface area contributed by atoms with Crippen molar-refractivity contribution in [1.82, 2.24) is 0 Å². The minimum atomic E-state index is -0.364. The van der Waals surface area contributed by atoms with E-state index in [1.165, 1.54) is 11.1 Å². The lowest BCUT2D eigenvalue weighted by Crippen LogP contribution is -2.33.